The van der Waals surface area contributed by atoms with Crippen LogP contribution in [0, 0.1) is 0 Å². The number of nitrogens with one attached hydrogen (secondary N) is 1. The third-order valence-corrected chi connectivity index (χ3v) is 4.59. The topological polar surface area (TPSA) is 98.5 Å². The van der Waals surface area contributed by atoms with E-state index < -0.39 is 21.5 Å². The van der Waals surface area contributed by atoms with Crippen molar-refractivity contribution < 1.29 is 17.9 Å². The third kappa shape index (κ3) is 4.50. The van der Waals surface area contributed by atoms with Gasteiger partial charge >= 0.3 is 0 Å². The maximum absolute atomic E-state index is 11.9. The highest BCUT2D eigenvalue weighted by molar-refractivity contribution is 7.92. The van der Waals surface area contributed by atoms with Gasteiger partial charge in [-0.2, -0.15) is 0 Å². The molecule has 1 fully saturated rings. The maximum atomic E-state index is 11.9. The Kier molecular flexibility index (Phi) is 4.61. The number of hydrogen-bond acceptors (Lipinski definition) is 5. The summed E-state index contributed by atoms with van der Waals surface area (Å²) in [5, 5.41) is 2.54. The van der Waals surface area contributed by atoms with Gasteiger partial charge in [-0.15, -0.1) is 0 Å². The second-order valence-corrected chi connectivity index (χ2v) is 6.97. The second kappa shape index (κ2) is 6.23. The van der Waals surface area contributed by atoms with Crippen molar-refractivity contribution in [2.75, 3.05) is 29.2 Å². The van der Waals surface area contributed by atoms with E-state index >= 15 is 0 Å². The van der Waals surface area contributed by atoms with Crippen LogP contribution < -0.4 is 11.1 Å². The molecule has 1 heterocycles. The number of amides is 1. The van der Waals surface area contributed by atoms with Gasteiger partial charge in [0.15, 0.2) is 9.84 Å². The lowest BCUT2D eigenvalue weighted by Crippen LogP contribution is -2.29. The van der Waals surface area contributed by atoms with Gasteiger partial charge in [0.1, 0.15) is 5.75 Å². The minimum Gasteiger partial charge on any atom is -0.399 e. The summed E-state index contributed by atoms with van der Waals surface area (Å²) in [5.41, 5.74) is 6.63. The number of carbonyl (C=O) groups excluding carboxylic acids is 1. The lowest BCUT2D eigenvalue weighted by Gasteiger charge is -2.10. The Morgan fingerprint density at radius 2 is 2.05 bits per heavy atom. The molecule has 0 aliphatic carbocycles. The largest absolute Gasteiger partial charge is 0.399 e. The lowest BCUT2D eigenvalue weighted by atomic mass is 10.3. The van der Waals surface area contributed by atoms with Crippen LogP contribution >= 0.6 is 0 Å². The molecule has 1 aromatic carbocycles. The van der Waals surface area contributed by atoms with E-state index in [9.17, 15) is 13.2 Å². The molecule has 0 aromatic heterocycles. The molecule has 3 N–H and O–H groups in total. The first-order chi connectivity index (χ1) is 9.44. The molecule has 0 spiro atoms. The number of nitrogen functional groups attached to an aromatic ring is 1. The van der Waals surface area contributed by atoms with E-state index in [-0.39, 0.29) is 11.9 Å². The molecular weight excluding hydrogens is 280 g/mol. The Morgan fingerprint density at radius 3 is 2.65 bits per heavy atom. The predicted molar refractivity (Wildman–Crippen MR) is 77.1 cm³/mol. The van der Waals surface area contributed by atoms with Crippen molar-refractivity contribution in [2.24, 2.45) is 0 Å². The molecular formula is C13H18N2O4S. The van der Waals surface area contributed by atoms with Crippen molar-refractivity contribution in [1.29, 1.82) is 0 Å². The number of nitrogens with two attached hydrogens (primary N) is 1. The molecule has 6 nitrogen and oxygen atoms in total. The monoisotopic (exact) mass is 298 g/mol. The Bertz CT molecular complexity index is 563. The van der Waals surface area contributed by atoms with Crippen LogP contribution in [0.15, 0.2) is 24.3 Å². The number of hydrogen-bond donors (Lipinski definition) is 2. The maximum Gasteiger partial charge on any atom is 0.239 e. The fourth-order valence-corrected chi connectivity index (χ4v) is 3.50. The summed E-state index contributed by atoms with van der Waals surface area (Å²) in [6.45, 7) is 0.595. The van der Waals surface area contributed by atoms with Gasteiger partial charge in [-0.05, 0) is 37.1 Å². The van der Waals surface area contributed by atoms with E-state index in [0.717, 1.165) is 12.8 Å². The summed E-state index contributed by atoms with van der Waals surface area (Å²) in [4.78, 5) is 11.7. The zero-order valence-corrected chi connectivity index (χ0v) is 11.9. The SMILES string of the molecule is Nc1ccc(NC(=O)CS(=O)(=O)CC2CCCO2)cc1. The molecule has 0 bridgehead atoms. The van der Waals surface area contributed by atoms with Crippen LogP contribution in [0.3, 0.4) is 0 Å². The molecule has 2 rings (SSSR count). The smallest absolute Gasteiger partial charge is 0.239 e. The molecule has 110 valence electrons. The molecule has 1 aromatic rings. The summed E-state index contributed by atoms with van der Waals surface area (Å²) in [6.07, 6.45) is 1.33. The third-order valence-electron chi connectivity index (χ3n) is 3.01. The van der Waals surface area contributed by atoms with E-state index in [1.165, 1.54) is 0 Å². The highest BCUT2D eigenvalue weighted by Gasteiger charge is 2.25. The van der Waals surface area contributed by atoms with Crippen LogP contribution in [-0.2, 0) is 19.4 Å². The second-order valence-electron chi connectivity index (χ2n) is 4.86. The number of sulfone groups is 1. The summed E-state index contributed by atoms with van der Waals surface area (Å²) in [7, 11) is -3.45. The van der Waals surface area contributed by atoms with Crippen molar-refractivity contribution in [2.45, 2.75) is 18.9 Å². The number of benzene rings is 1. The fraction of sp³-hybridized carbons (Fsp3) is 0.462. The zero-order valence-electron chi connectivity index (χ0n) is 11.0. The summed E-state index contributed by atoms with van der Waals surface area (Å²) in [6, 6.07) is 6.52. The molecule has 1 amide bonds. The number of anilines is 2. The van der Waals surface area contributed by atoms with Crippen LogP contribution in [0.4, 0.5) is 11.4 Å². The number of ether oxygens (including phenoxy) is 1. The Morgan fingerprint density at radius 1 is 1.35 bits per heavy atom. The minimum absolute atomic E-state index is 0.0951. The summed E-state index contributed by atoms with van der Waals surface area (Å²) < 4.78 is 29.0. The highest BCUT2D eigenvalue weighted by atomic mass is 32.2. The van der Waals surface area contributed by atoms with Crippen LogP contribution in [0.25, 0.3) is 0 Å². The van der Waals surface area contributed by atoms with Crippen molar-refractivity contribution in [1.82, 2.24) is 0 Å². The average Bonchev–Trinajstić information content (AvgIpc) is 2.83. The molecule has 1 atom stereocenters. The van der Waals surface area contributed by atoms with Gasteiger partial charge in [0.05, 0.1) is 11.9 Å². The van der Waals surface area contributed by atoms with Gasteiger partial charge in [-0.1, -0.05) is 0 Å². The fourth-order valence-electron chi connectivity index (χ4n) is 2.08. The molecule has 1 saturated heterocycles. The summed E-state index contributed by atoms with van der Waals surface area (Å²) >= 11 is 0. The average molecular weight is 298 g/mol. The van der Waals surface area contributed by atoms with Crippen molar-refractivity contribution >= 4 is 27.1 Å². The highest BCUT2D eigenvalue weighted by Crippen LogP contribution is 2.15. The van der Waals surface area contributed by atoms with Crippen molar-refractivity contribution in [3.63, 3.8) is 0 Å². The Hall–Kier alpha value is -1.60. The first-order valence-electron chi connectivity index (χ1n) is 6.42. The van der Waals surface area contributed by atoms with E-state index in [1.807, 2.05) is 0 Å². The van der Waals surface area contributed by atoms with Crippen molar-refractivity contribution in [3.8, 4) is 0 Å². The number of rotatable bonds is 5. The van der Waals surface area contributed by atoms with E-state index in [2.05, 4.69) is 5.32 Å². The van der Waals surface area contributed by atoms with Gasteiger partial charge in [0, 0.05) is 18.0 Å². The molecule has 7 heteroatoms. The summed E-state index contributed by atoms with van der Waals surface area (Å²) in [5.74, 6) is -1.17. The molecule has 20 heavy (non-hydrogen) atoms. The molecule has 1 unspecified atom stereocenters. The number of carbonyl (C=O) groups is 1. The van der Waals surface area contributed by atoms with Crippen LogP contribution in [0.1, 0.15) is 12.8 Å². The minimum atomic E-state index is -3.45. The van der Waals surface area contributed by atoms with Gasteiger partial charge < -0.3 is 15.8 Å². The first kappa shape index (κ1) is 14.8. The van der Waals surface area contributed by atoms with E-state index in [1.54, 1.807) is 24.3 Å². The molecule has 0 saturated carbocycles. The lowest BCUT2D eigenvalue weighted by molar-refractivity contribution is -0.113. The Balaban J connectivity index is 1.88. The molecule has 1 aliphatic heterocycles. The van der Waals surface area contributed by atoms with Crippen LogP contribution in [0.5, 0.6) is 0 Å². The zero-order chi connectivity index (χ0) is 14.6. The normalized spacial score (nSPS) is 18.9. The molecule has 1 aliphatic rings. The quantitative estimate of drug-likeness (QED) is 0.783. The van der Waals surface area contributed by atoms with Crippen LogP contribution in [-0.4, -0.2) is 38.5 Å². The van der Waals surface area contributed by atoms with Gasteiger partial charge in [0.25, 0.3) is 0 Å². The van der Waals surface area contributed by atoms with Gasteiger partial charge in [-0.25, -0.2) is 8.42 Å². The molecule has 0 radical (unpaired) electrons. The van der Waals surface area contributed by atoms with Crippen LogP contribution in [0.2, 0.25) is 0 Å². The van der Waals surface area contributed by atoms with Crippen molar-refractivity contribution in [3.05, 3.63) is 24.3 Å². The van der Waals surface area contributed by atoms with Gasteiger partial charge in [0.2, 0.25) is 5.91 Å². The van der Waals surface area contributed by atoms with E-state index in [4.69, 9.17) is 10.5 Å². The van der Waals surface area contributed by atoms with E-state index in [0.29, 0.717) is 18.0 Å². The van der Waals surface area contributed by atoms with Gasteiger partial charge in [-0.3, -0.25) is 4.79 Å². The Labute approximate surface area is 118 Å². The standard InChI is InChI=1S/C13H18N2O4S/c14-10-3-5-11(6-4-10)15-13(16)9-20(17,18)8-12-2-1-7-19-12/h3-6,12H,1-2,7-9,14H2,(H,15,16). The first-order valence-corrected chi connectivity index (χ1v) is 8.24. The predicted octanol–water partition coefficient (Wildman–Crippen LogP) is 0.801.